The fourth-order valence-corrected chi connectivity index (χ4v) is 4.77. The molecule has 0 radical (unpaired) electrons. The second-order valence-corrected chi connectivity index (χ2v) is 9.04. The van der Waals surface area contributed by atoms with Crippen molar-refractivity contribution in [2.24, 2.45) is 11.1 Å². The first-order chi connectivity index (χ1) is 15.7. The molecular weight excluding hydrogens is 416 g/mol. The smallest absolute Gasteiger partial charge is 0.162 e. The Morgan fingerprint density at radius 2 is 1.88 bits per heavy atom. The van der Waals surface area contributed by atoms with Gasteiger partial charge in [-0.2, -0.15) is 10.5 Å². The Labute approximate surface area is 192 Å². The topological polar surface area (TPSA) is 123 Å². The normalized spacial score (nSPS) is 19.6. The Bertz CT molecular complexity index is 1310. The molecule has 1 aliphatic heterocycles. The summed E-state index contributed by atoms with van der Waals surface area (Å²) in [5.41, 5.74) is 9.09. The largest absolute Gasteiger partial charge is 0.504 e. The lowest BCUT2D eigenvalue weighted by atomic mass is 9.68. The van der Waals surface area contributed by atoms with E-state index in [1.54, 1.807) is 41.3 Å². The van der Waals surface area contributed by atoms with E-state index in [2.05, 4.69) is 12.1 Å². The molecule has 2 aromatic rings. The average Bonchev–Trinajstić information content (AvgIpc) is 2.77. The molecule has 1 atom stereocenters. The minimum Gasteiger partial charge on any atom is -0.504 e. The third-order valence-corrected chi connectivity index (χ3v) is 6.18. The number of carbonyl (C=O) groups is 1. The number of nitrogens with zero attached hydrogens (tertiary/aromatic N) is 3. The molecule has 3 N–H and O–H groups in total. The zero-order valence-corrected chi connectivity index (χ0v) is 18.7. The summed E-state index contributed by atoms with van der Waals surface area (Å²) in [6.45, 7) is 4.02. The van der Waals surface area contributed by atoms with Gasteiger partial charge in [-0.15, -0.1) is 0 Å². The molecule has 0 unspecified atom stereocenters. The summed E-state index contributed by atoms with van der Waals surface area (Å²) in [6.07, 6.45) is 0.850. The number of nitrogens with two attached hydrogens (primary N) is 1. The van der Waals surface area contributed by atoms with Crippen molar-refractivity contribution in [2.45, 2.75) is 32.6 Å². The third-order valence-electron chi connectivity index (χ3n) is 6.18. The lowest BCUT2D eigenvalue weighted by Gasteiger charge is -2.44. The molecule has 0 bridgehead atoms. The number of anilines is 1. The molecular formula is C26H24N4O3. The van der Waals surface area contributed by atoms with Crippen LogP contribution in [0.15, 0.2) is 65.1 Å². The van der Waals surface area contributed by atoms with Crippen LogP contribution in [-0.2, 0) is 4.79 Å². The van der Waals surface area contributed by atoms with E-state index in [9.17, 15) is 20.4 Å². The van der Waals surface area contributed by atoms with Gasteiger partial charge in [0.05, 0.1) is 35.9 Å². The van der Waals surface area contributed by atoms with Crippen LogP contribution < -0.4 is 15.4 Å². The van der Waals surface area contributed by atoms with Crippen molar-refractivity contribution < 1.29 is 14.6 Å². The number of methoxy groups -OCH3 is 1. The number of Topliss-reactive ketones (excluding diaryl/α,β-unsaturated/α-hetero) is 1. The molecule has 0 aromatic heterocycles. The fourth-order valence-electron chi connectivity index (χ4n) is 4.77. The Morgan fingerprint density at radius 1 is 1.15 bits per heavy atom. The van der Waals surface area contributed by atoms with E-state index in [4.69, 9.17) is 10.5 Å². The number of benzene rings is 2. The quantitative estimate of drug-likeness (QED) is 0.732. The molecule has 0 amide bonds. The summed E-state index contributed by atoms with van der Waals surface area (Å²) >= 11 is 0. The first-order valence-corrected chi connectivity index (χ1v) is 10.5. The number of phenolic OH excluding ortho intramolecular Hbond substituents is 1. The van der Waals surface area contributed by atoms with E-state index in [0.29, 0.717) is 46.7 Å². The lowest BCUT2D eigenvalue weighted by molar-refractivity contribution is -0.118. The van der Waals surface area contributed by atoms with Crippen LogP contribution in [0, 0.1) is 28.1 Å². The molecule has 0 saturated carbocycles. The van der Waals surface area contributed by atoms with Gasteiger partial charge in [0.15, 0.2) is 17.3 Å². The van der Waals surface area contributed by atoms with Crippen molar-refractivity contribution >= 4 is 11.5 Å². The van der Waals surface area contributed by atoms with Crippen LogP contribution in [0.5, 0.6) is 11.5 Å². The van der Waals surface area contributed by atoms with E-state index in [0.717, 1.165) is 0 Å². The predicted molar refractivity (Wildman–Crippen MR) is 123 cm³/mol. The summed E-state index contributed by atoms with van der Waals surface area (Å²) in [7, 11) is 1.45. The van der Waals surface area contributed by atoms with Gasteiger partial charge in [-0.05, 0) is 41.7 Å². The number of rotatable bonds is 3. The van der Waals surface area contributed by atoms with Crippen LogP contribution in [0.3, 0.4) is 0 Å². The maximum atomic E-state index is 13.5. The van der Waals surface area contributed by atoms with Crippen LogP contribution in [0.2, 0.25) is 0 Å². The van der Waals surface area contributed by atoms with Crippen molar-refractivity contribution in [3.05, 3.63) is 76.3 Å². The second-order valence-electron chi connectivity index (χ2n) is 9.04. The van der Waals surface area contributed by atoms with E-state index < -0.39 is 5.92 Å². The molecule has 2 aromatic carbocycles. The van der Waals surface area contributed by atoms with Crippen LogP contribution in [0.25, 0.3) is 0 Å². The molecule has 0 saturated heterocycles. The monoisotopic (exact) mass is 440 g/mol. The fraction of sp³-hybridized carbons (Fsp3) is 0.269. The zero-order valence-electron chi connectivity index (χ0n) is 18.7. The third kappa shape index (κ3) is 3.58. The molecule has 2 aliphatic rings. The number of phenols is 1. The van der Waals surface area contributed by atoms with Gasteiger partial charge in [-0.3, -0.25) is 9.69 Å². The highest BCUT2D eigenvalue weighted by atomic mass is 16.5. The number of ether oxygens (including phenoxy) is 1. The van der Waals surface area contributed by atoms with E-state index in [1.165, 1.54) is 13.2 Å². The van der Waals surface area contributed by atoms with E-state index >= 15 is 0 Å². The number of allylic oxidation sites excluding steroid dienone is 3. The van der Waals surface area contributed by atoms with Crippen LogP contribution in [-0.4, -0.2) is 18.0 Å². The minimum atomic E-state index is -0.726. The highest BCUT2D eigenvalue weighted by Gasteiger charge is 2.45. The molecule has 0 spiro atoms. The number of para-hydroxylation sites is 1. The van der Waals surface area contributed by atoms with Crippen molar-refractivity contribution in [2.75, 3.05) is 12.0 Å². The molecule has 7 nitrogen and oxygen atoms in total. The van der Waals surface area contributed by atoms with Crippen molar-refractivity contribution in [3.8, 4) is 23.6 Å². The second kappa shape index (κ2) is 8.03. The molecule has 0 fully saturated rings. The summed E-state index contributed by atoms with van der Waals surface area (Å²) in [6, 6.07) is 16.2. The van der Waals surface area contributed by atoms with Gasteiger partial charge in [0.2, 0.25) is 0 Å². The standard InChI is InChI=1S/C26H24N4O3/c1-26(2)11-19-24(21(32)12-26)23(15-8-9-22(33-3)20(31)10-15)17(14-28)25(29)30(19)18-7-5-4-6-16(18)13-27/h4-10,23,31H,11-12,29H2,1-3H3/t23-/m1/s1. The van der Waals surface area contributed by atoms with Gasteiger partial charge in [-0.1, -0.05) is 32.0 Å². The van der Waals surface area contributed by atoms with Crippen LogP contribution >= 0.6 is 0 Å². The number of hydrogen-bond acceptors (Lipinski definition) is 7. The Balaban J connectivity index is 2.03. The molecule has 1 aliphatic carbocycles. The van der Waals surface area contributed by atoms with Crippen LogP contribution in [0.1, 0.15) is 43.7 Å². The first-order valence-electron chi connectivity index (χ1n) is 10.5. The molecule has 166 valence electrons. The number of nitriles is 2. The van der Waals surface area contributed by atoms with E-state index in [1.807, 2.05) is 13.8 Å². The minimum absolute atomic E-state index is 0.0822. The summed E-state index contributed by atoms with van der Waals surface area (Å²) in [5.74, 6) is -0.435. The number of ketones is 1. The predicted octanol–water partition coefficient (Wildman–Crippen LogP) is 4.21. The number of hydrogen-bond donors (Lipinski definition) is 2. The van der Waals surface area contributed by atoms with Gasteiger partial charge >= 0.3 is 0 Å². The Hall–Kier alpha value is -4.23. The van der Waals surface area contributed by atoms with Crippen molar-refractivity contribution in [1.82, 2.24) is 0 Å². The number of carbonyl (C=O) groups excluding carboxylic acids is 1. The van der Waals surface area contributed by atoms with Gasteiger partial charge in [0.1, 0.15) is 11.9 Å². The maximum Gasteiger partial charge on any atom is 0.162 e. The van der Waals surface area contributed by atoms with Crippen molar-refractivity contribution in [1.29, 1.82) is 10.5 Å². The van der Waals surface area contributed by atoms with Gasteiger partial charge in [-0.25, -0.2) is 0 Å². The Morgan fingerprint density at radius 3 is 2.52 bits per heavy atom. The number of aromatic hydroxyl groups is 1. The van der Waals surface area contributed by atoms with Crippen LogP contribution in [0.4, 0.5) is 5.69 Å². The van der Waals surface area contributed by atoms with Gasteiger partial charge in [0.25, 0.3) is 0 Å². The molecule has 1 heterocycles. The molecule has 4 rings (SSSR count). The summed E-state index contributed by atoms with van der Waals surface area (Å²) in [5, 5.41) is 30.2. The zero-order chi connectivity index (χ0) is 23.9. The summed E-state index contributed by atoms with van der Waals surface area (Å²) < 4.78 is 5.15. The Kier molecular flexibility index (Phi) is 5.35. The summed E-state index contributed by atoms with van der Waals surface area (Å²) in [4.78, 5) is 15.2. The maximum absolute atomic E-state index is 13.5. The average molecular weight is 441 g/mol. The first kappa shape index (κ1) is 22.0. The van der Waals surface area contributed by atoms with Gasteiger partial charge < -0.3 is 15.6 Å². The van der Waals surface area contributed by atoms with Gasteiger partial charge in [0, 0.05) is 17.7 Å². The molecule has 33 heavy (non-hydrogen) atoms. The van der Waals surface area contributed by atoms with Crippen molar-refractivity contribution in [3.63, 3.8) is 0 Å². The molecule has 7 heteroatoms. The highest BCUT2D eigenvalue weighted by Crippen LogP contribution is 2.51. The highest BCUT2D eigenvalue weighted by molar-refractivity contribution is 6.02. The van der Waals surface area contributed by atoms with E-state index in [-0.39, 0.29) is 28.3 Å². The lowest BCUT2D eigenvalue weighted by Crippen LogP contribution is -2.42. The SMILES string of the molecule is COc1ccc([C@@H]2C(C#N)=C(N)N(c3ccccc3C#N)C3=C2C(=O)CC(C)(C)C3)cc1O.